The Hall–Kier alpha value is -2.92. The fraction of sp³-hybridized carbons (Fsp3) is 0.381. The van der Waals surface area contributed by atoms with Gasteiger partial charge < -0.3 is 19.5 Å². The Balaban J connectivity index is 0.000000360. The standard InChI is InChI=1S/C19H20N2O3S.C2HF3O2/c22-18(6-5-17-4-2-8-25-17)21-10-15-11-23-13-19(15,12-21)14-24-16-3-1-7-20-9-16;3-2(4,5)1(6)7/h1-9,15H,10-14H2;(H,6,7)/b6-5+;/t15-,19+;/m1./s1. The Morgan fingerprint density at radius 2 is 2.16 bits per heavy atom. The summed E-state index contributed by atoms with van der Waals surface area (Å²) in [6.45, 7) is 3.27. The van der Waals surface area contributed by atoms with Gasteiger partial charge in [-0.1, -0.05) is 6.07 Å². The predicted octanol–water partition coefficient (Wildman–Crippen LogP) is 3.34. The summed E-state index contributed by atoms with van der Waals surface area (Å²) in [6.07, 6.45) is 1.91. The molecular weight excluding hydrogens is 449 g/mol. The van der Waals surface area contributed by atoms with E-state index in [0.717, 1.165) is 17.2 Å². The third-order valence-corrected chi connectivity index (χ3v) is 6.01. The summed E-state index contributed by atoms with van der Waals surface area (Å²) in [4.78, 5) is 28.5. The number of aliphatic carboxylic acids is 1. The van der Waals surface area contributed by atoms with E-state index >= 15 is 0 Å². The number of nitrogens with zero attached hydrogens (tertiary/aromatic N) is 2. The van der Waals surface area contributed by atoms with Gasteiger partial charge in [0, 0.05) is 36.2 Å². The molecule has 2 aliphatic rings. The molecule has 2 aromatic rings. The molecule has 0 aromatic carbocycles. The van der Waals surface area contributed by atoms with Gasteiger partial charge in [-0.15, -0.1) is 11.3 Å². The van der Waals surface area contributed by atoms with E-state index in [-0.39, 0.29) is 11.3 Å². The average molecular weight is 470 g/mol. The molecule has 172 valence electrons. The maximum Gasteiger partial charge on any atom is 0.490 e. The van der Waals surface area contributed by atoms with Crippen molar-refractivity contribution in [1.82, 2.24) is 9.88 Å². The van der Waals surface area contributed by atoms with Crippen molar-refractivity contribution in [2.24, 2.45) is 11.3 Å². The molecule has 4 heterocycles. The maximum atomic E-state index is 12.5. The SMILES string of the molecule is O=C(/C=C/c1cccs1)N1C[C@@H]2COC[C@]2(COc2cccnc2)C1.O=C(O)C(F)(F)F. The Morgan fingerprint density at radius 1 is 1.38 bits per heavy atom. The molecule has 0 spiro atoms. The number of fused-ring (bicyclic) bond motifs is 1. The van der Waals surface area contributed by atoms with E-state index < -0.39 is 12.1 Å². The normalized spacial score (nSPS) is 22.3. The molecule has 1 amide bonds. The molecule has 0 radical (unpaired) electrons. The fourth-order valence-electron chi connectivity index (χ4n) is 3.51. The van der Waals surface area contributed by atoms with Crippen molar-refractivity contribution in [3.63, 3.8) is 0 Å². The first-order chi connectivity index (χ1) is 15.2. The van der Waals surface area contributed by atoms with E-state index in [1.165, 1.54) is 0 Å². The van der Waals surface area contributed by atoms with Crippen LogP contribution in [0.5, 0.6) is 5.75 Å². The summed E-state index contributed by atoms with van der Waals surface area (Å²) in [6, 6.07) is 7.74. The first-order valence-corrected chi connectivity index (χ1v) is 10.5. The summed E-state index contributed by atoms with van der Waals surface area (Å²) >= 11 is 1.63. The Kier molecular flexibility index (Phi) is 7.52. The zero-order valence-electron chi connectivity index (χ0n) is 16.8. The van der Waals surface area contributed by atoms with Crippen LogP contribution in [-0.4, -0.2) is 66.0 Å². The first kappa shape index (κ1) is 23.7. The summed E-state index contributed by atoms with van der Waals surface area (Å²) in [5, 5.41) is 9.13. The fourth-order valence-corrected chi connectivity index (χ4v) is 4.13. The molecule has 32 heavy (non-hydrogen) atoms. The van der Waals surface area contributed by atoms with Crippen LogP contribution in [0.4, 0.5) is 13.2 Å². The summed E-state index contributed by atoms with van der Waals surface area (Å²) in [5.41, 5.74) is -0.123. The van der Waals surface area contributed by atoms with Crippen molar-refractivity contribution in [1.29, 1.82) is 0 Å². The van der Waals surface area contributed by atoms with Crippen molar-refractivity contribution in [2.45, 2.75) is 6.18 Å². The number of carboxylic acids is 1. The van der Waals surface area contributed by atoms with E-state index in [4.69, 9.17) is 19.4 Å². The molecule has 2 aromatic heterocycles. The van der Waals surface area contributed by atoms with Crippen molar-refractivity contribution in [2.75, 3.05) is 32.9 Å². The highest BCUT2D eigenvalue weighted by Gasteiger charge is 2.52. The van der Waals surface area contributed by atoms with E-state index in [2.05, 4.69) is 4.98 Å². The molecule has 0 saturated carbocycles. The maximum absolute atomic E-state index is 12.5. The number of alkyl halides is 3. The lowest BCUT2D eigenvalue weighted by Crippen LogP contribution is -2.38. The molecule has 1 N–H and O–H groups in total. The molecule has 4 rings (SSSR count). The van der Waals surface area contributed by atoms with Crippen LogP contribution in [0, 0.1) is 11.3 Å². The zero-order chi connectivity index (χ0) is 23.2. The van der Waals surface area contributed by atoms with Crippen LogP contribution in [0.15, 0.2) is 48.1 Å². The van der Waals surface area contributed by atoms with Gasteiger partial charge in [0.05, 0.1) is 31.4 Å². The van der Waals surface area contributed by atoms with Gasteiger partial charge in [-0.25, -0.2) is 4.79 Å². The van der Waals surface area contributed by atoms with Crippen LogP contribution in [0.25, 0.3) is 6.08 Å². The molecule has 0 aliphatic carbocycles. The second-order valence-corrected chi connectivity index (χ2v) is 8.40. The quantitative estimate of drug-likeness (QED) is 0.675. The average Bonchev–Trinajstić information content (AvgIpc) is 3.47. The van der Waals surface area contributed by atoms with Gasteiger partial charge in [0.2, 0.25) is 5.91 Å². The summed E-state index contributed by atoms with van der Waals surface area (Å²) in [7, 11) is 0. The van der Waals surface area contributed by atoms with Gasteiger partial charge in [0.15, 0.2) is 0 Å². The lowest BCUT2D eigenvalue weighted by Gasteiger charge is -2.26. The van der Waals surface area contributed by atoms with Crippen LogP contribution < -0.4 is 4.74 Å². The summed E-state index contributed by atoms with van der Waals surface area (Å²) in [5.74, 6) is -1.62. The molecule has 2 saturated heterocycles. The van der Waals surface area contributed by atoms with Gasteiger partial charge >= 0.3 is 12.1 Å². The third kappa shape index (κ3) is 6.07. The van der Waals surface area contributed by atoms with Gasteiger partial charge in [0.25, 0.3) is 0 Å². The van der Waals surface area contributed by atoms with E-state index in [1.807, 2.05) is 40.6 Å². The van der Waals surface area contributed by atoms with Crippen molar-refractivity contribution in [3.05, 3.63) is 53.0 Å². The van der Waals surface area contributed by atoms with Crippen LogP contribution in [0.1, 0.15) is 4.88 Å². The number of thiophene rings is 1. The molecule has 2 fully saturated rings. The lowest BCUT2D eigenvalue weighted by atomic mass is 9.82. The van der Waals surface area contributed by atoms with Gasteiger partial charge in [-0.3, -0.25) is 9.78 Å². The topological polar surface area (TPSA) is 89.0 Å². The highest BCUT2D eigenvalue weighted by Crippen LogP contribution is 2.41. The highest BCUT2D eigenvalue weighted by atomic mass is 32.1. The van der Waals surface area contributed by atoms with E-state index in [9.17, 15) is 18.0 Å². The number of carbonyl (C=O) groups excluding carboxylic acids is 1. The largest absolute Gasteiger partial charge is 0.491 e. The van der Waals surface area contributed by atoms with Crippen LogP contribution in [-0.2, 0) is 14.3 Å². The van der Waals surface area contributed by atoms with Crippen molar-refractivity contribution < 1.29 is 37.3 Å². The Bertz CT molecular complexity index is 937. The smallest absolute Gasteiger partial charge is 0.490 e. The monoisotopic (exact) mass is 470 g/mol. The minimum absolute atomic E-state index is 0.0588. The molecule has 0 unspecified atom stereocenters. The van der Waals surface area contributed by atoms with Gasteiger partial charge in [0.1, 0.15) is 5.75 Å². The van der Waals surface area contributed by atoms with E-state index in [0.29, 0.717) is 32.3 Å². The minimum atomic E-state index is -5.08. The second kappa shape index (κ2) is 10.1. The van der Waals surface area contributed by atoms with E-state index in [1.54, 1.807) is 29.8 Å². The Morgan fingerprint density at radius 3 is 2.78 bits per heavy atom. The number of carboxylic acid groups (broad SMARTS) is 1. The van der Waals surface area contributed by atoms with Gasteiger partial charge in [-0.2, -0.15) is 13.2 Å². The predicted molar refractivity (Wildman–Crippen MR) is 110 cm³/mol. The van der Waals surface area contributed by atoms with Gasteiger partial charge in [-0.05, 0) is 29.7 Å². The number of likely N-dealkylation sites (tertiary alicyclic amines) is 1. The minimum Gasteiger partial charge on any atom is -0.491 e. The number of carbonyl (C=O) groups is 2. The second-order valence-electron chi connectivity index (χ2n) is 7.42. The molecular formula is C21H21F3N2O5S. The molecule has 2 atom stereocenters. The molecule has 2 aliphatic heterocycles. The third-order valence-electron chi connectivity index (χ3n) is 5.17. The van der Waals surface area contributed by atoms with Crippen LogP contribution in [0.3, 0.4) is 0 Å². The number of aromatic nitrogens is 1. The van der Waals surface area contributed by atoms with Crippen LogP contribution in [0.2, 0.25) is 0 Å². The number of hydrogen-bond acceptors (Lipinski definition) is 6. The number of pyridine rings is 1. The number of rotatable bonds is 5. The molecule has 11 heteroatoms. The Labute approximate surface area is 186 Å². The molecule has 0 bridgehead atoms. The molecule has 7 nitrogen and oxygen atoms in total. The van der Waals surface area contributed by atoms with Crippen LogP contribution >= 0.6 is 11.3 Å². The number of ether oxygens (including phenoxy) is 2. The first-order valence-electron chi connectivity index (χ1n) is 9.61. The number of amides is 1. The van der Waals surface area contributed by atoms with Crippen molar-refractivity contribution >= 4 is 29.3 Å². The van der Waals surface area contributed by atoms with Crippen molar-refractivity contribution in [3.8, 4) is 5.75 Å². The number of halogens is 3. The highest BCUT2D eigenvalue weighted by molar-refractivity contribution is 7.10. The summed E-state index contributed by atoms with van der Waals surface area (Å²) < 4.78 is 43.4. The zero-order valence-corrected chi connectivity index (χ0v) is 17.6. The lowest BCUT2D eigenvalue weighted by molar-refractivity contribution is -0.192. The number of hydrogen-bond donors (Lipinski definition) is 1.